The van der Waals surface area contributed by atoms with Crippen LogP contribution in [0.4, 0.5) is 0 Å². The highest BCUT2D eigenvalue weighted by Crippen LogP contribution is 2.38. The van der Waals surface area contributed by atoms with Crippen molar-refractivity contribution in [3.05, 3.63) is 102 Å². The van der Waals surface area contributed by atoms with Gasteiger partial charge in [0.1, 0.15) is 17.2 Å². The van der Waals surface area contributed by atoms with Crippen molar-refractivity contribution in [2.24, 2.45) is 5.73 Å². The van der Waals surface area contributed by atoms with Gasteiger partial charge in [-0.2, -0.15) is 0 Å². The number of hydrogen-bond acceptors (Lipinski definition) is 4. The second-order valence-electron chi connectivity index (χ2n) is 7.88. The number of carboxylic acid groups (broad SMARTS) is 1. The van der Waals surface area contributed by atoms with E-state index in [4.69, 9.17) is 20.3 Å². The van der Waals surface area contributed by atoms with Crippen molar-refractivity contribution in [1.82, 2.24) is 4.57 Å². The summed E-state index contributed by atoms with van der Waals surface area (Å²) in [7, 11) is 0. The maximum Gasteiger partial charge on any atom is 0.341 e. The number of para-hydroxylation sites is 1. The summed E-state index contributed by atoms with van der Waals surface area (Å²) < 4.78 is 13.5. The highest BCUT2D eigenvalue weighted by molar-refractivity contribution is 6.19. The third-order valence-electron chi connectivity index (χ3n) is 5.57. The molecule has 5 aromatic rings. The molecule has 0 bridgehead atoms. The second kappa shape index (κ2) is 9.12. The third kappa shape index (κ3) is 4.33. The number of rotatable bonds is 8. The average molecular weight is 464 g/mol. The molecule has 0 aliphatic rings. The molecular weight excluding hydrogens is 444 g/mol. The first-order valence-electron chi connectivity index (χ1n) is 10.8. The zero-order valence-electron chi connectivity index (χ0n) is 18.5. The number of carbonyl (C=O) groups excluding carboxylic acids is 1. The summed E-state index contributed by atoms with van der Waals surface area (Å²) >= 11 is 0. The van der Waals surface area contributed by atoms with Gasteiger partial charge in [-0.25, -0.2) is 4.79 Å². The number of nitrogens with zero attached hydrogens (tertiary/aromatic N) is 1. The molecule has 0 atom stereocenters. The number of aromatic nitrogens is 1. The molecule has 0 aliphatic heterocycles. The standard InChI is InChI=1S/C28H20N2O5/c29-28(33)21-11-5-12-22-26(21)27-23(13-6-14-24(27)34-17-25(31)32)30(22)16-18-7-4-10-20(15-18)35-19-8-2-1-3-9-19/h1-3,5-6,8-15H,16-17H2,(H2,29,33)(H,31,32). The number of hydrogen-bond donors (Lipinski definition) is 2. The van der Waals surface area contributed by atoms with Gasteiger partial charge in [-0.3, -0.25) is 4.79 Å². The van der Waals surface area contributed by atoms with Gasteiger partial charge in [0.25, 0.3) is 0 Å². The first-order valence-corrected chi connectivity index (χ1v) is 10.8. The SMILES string of the molecule is NC(=O)c1cccc2c1c1c(OCC(=O)O)cccc1n2Cc1c#ccc(Oc2ccccc2)c1. The minimum Gasteiger partial charge on any atom is -0.481 e. The van der Waals surface area contributed by atoms with Crippen LogP contribution in [0.3, 0.4) is 0 Å². The molecule has 0 radical (unpaired) electrons. The number of primary amides is 1. The average Bonchev–Trinajstić information content (AvgIpc) is 3.17. The minimum absolute atomic E-state index is 0.328. The number of ether oxygens (including phenoxy) is 2. The number of amides is 1. The van der Waals surface area contributed by atoms with E-state index < -0.39 is 18.5 Å². The van der Waals surface area contributed by atoms with Gasteiger partial charge >= 0.3 is 5.97 Å². The fraction of sp³-hybridized carbons (Fsp3) is 0.0714. The Kier molecular flexibility index (Phi) is 5.70. The molecule has 172 valence electrons. The summed E-state index contributed by atoms with van der Waals surface area (Å²) in [6.07, 6.45) is 0. The van der Waals surface area contributed by atoms with E-state index in [9.17, 15) is 9.59 Å². The van der Waals surface area contributed by atoms with Gasteiger partial charge in [0.15, 0.2) is 6.61 Å². The molecule has 0 aliphatic carbocycles. The number of nitrogens with two attached hydrogens (primary N) is 1. The molecule has 0 saturated heterocycles. The van der Waals surface area contributed by atoms with Crippen LogP contribution in [0.15, 0.2) is 78.9 Å². The molecular formula is C28H20N2O5. The predicted octanol–water partition coefficient (Wildman–Crippen LogP) is 4.80. The summed E-state index contributed by atoms with van der Waals surface area (Å²) in [5, 5.41) is 10.3. The van der Waals surface area contributed by atoms with E-state index in [0.717, 1.165) is 16.6 Å². The quantitative estimate of drug-likeness (QED) is 0.343. The van der Waals surface area contributed by atoms with E-state index in [1.165, 1.54) is 0 Å². The van der Waals surface area contributed by atoms with Gasteiger partial charge in [-0.05, 0) is 42.5 Å². The molecule has 5 rings (SSSR count). The number of fused-ring (bicyclic) bond motifs is 3. The molecule has 1 amide bonds. The van der Waals surface area contributed by atoms with E-state index in [1.807, 2.05) is 53.1 Å². The zero-order chi connectivity index (χ0) is 24.4. The van der Waals surface area contributed by atoms with Crippen molar-refractivity contribution in [1.29, 1.82) is 0 Å². The van der Waals surface area contributed by atoms with Crippen molar-refractivity contribution in [2.45, 2.75) is 6.54 Å². The maximum absolute atomic E-state index is 12.3. The first-order chi connectivity index (χ1) is 17.0. The normalized spacial score (nSPS) is 10.7. The molecule has 0 saturated carbocycles. The highest BCUT2D eigenvalue weighted by atomic mass is 16.5. The van der Waals surface area contributed by atoms with Crippen LogP contribution >= 0.6 is 0 Å². The van der Waals surface area contributed by atoms with Gasteiger partial charge < -0.3 is 24.9 Å². The Hall–Kier alpha value is -4.96. The fourth-order valence-electron chi connectivity index (χ4n) is 4.18. The van der Waals surface area contributed by atoms with Crippen LogP contribution in [-0.4, -0.2) is 28.2 Å². The summed E-state index contributed by atoms with van der Waals surface area (Å²) in [5.41, 5.74) is 8.34. The number of carbonyl (C=O) groups is 2. The van der Waals surface area contributed by atoms with Crippen molar-refractivity contribution < 1.29 is 24.2 Å². The van der Waals surface area contributed by atoms with Gasteiger partial charge in [0.2, 0.25) is 5.91 Å². The maximum atomic E-state index is 12.3. The summed E-state index contributed by atoms with van der Waals surface area (Å²) in [4.78, 5) is 23.4. The lowest BCUT2D eigenvalue weighted by Gasteiger charge is -2.09. The summed E-state index contributed by atoms with van der Waals surface area (Å²) in [5.74, 6) is 0.0105. The molecule has 0 spiro atoms. The van der Waals surface area contributed by atoms with Crippen LogP contribution in [0.1, 0.15) is 15.9 Å². The zero-order valence-corrected chi connectivity index (χ0v) is 18.5. The Morgan fingerprint density at radius 1 is 0.914 bits per heavy atom. The van der Waals surface area contributed by atoms with E-state index in [1.54, 1.807) is 30.3 Å². The van der Waals surface area contributed by atoms with E-state index in [2.05, 4.69) is 12.1 Å². The lowest BCUT2D eigenvalue weighted by Crippen LogP contribution is -2.11. The number of carboxylic acids is 1. The van der Waals surface area contributed by atoms with Crippen LogP contribution in [0, 0.1) is 12.1 Å². The predicted molar refractivity (Wildman–Crippen MR) is 131 cm³/mol. The number of aliphatic carboxylic acids is 1. The van der Waals surface area contributed by atoms with Gasteiger partial charge in [0, 0.05) is 22.6 Å². The van der Waals surface area contributed by atoms with Crippen LogP contribution in [0.2, 0.25) is 0 Å². The van der Waals surface area contributed by atoms with Crippen LogP contribution in [-0.2, 0) is 11.3 Å². The summed E-state index contributed by atoms with van der Waals surface area (Å²) in [6, 6.07) is 29.8. The fourth-order valence-corrected chi connectivity index (χ4v) is 4.18. The smallest absolute Gasteiger partial charge is 0.341 e. The van der Waals surface area contributed by atoms with E-state index in [-0.39, 0.29) is 0 Å². The third-order valence-corrected chi connectivity index (χ3v) is 5.57. The lowest BCUT2D eigenvalue weighted by atomic mass is 10.1. The summed E-state index contributed by atoms with van der Waals surface area (Å²) in [6.45, 7) is -0.112. The van der Waals surface area contributed by atoms with Crippen molar-refractivity contribution in [3.8, 4) is 17.2 Å². The molecule has 7 nitrogen and oxygen atoms in total. The largest absolute Gasteiger partial charge is 0.481 e. The molecule has 0 fully saturated rings. The molecule has 1 heterocycles. The van der Waals surface area contributed by atoms with Gasteiger partial charge in [-0.1, -0.05) is 42.5 Å². The van der Waals surface area contributed by atoms with Crippen molar-refractivity contribution in [3.63, 3.8) is 0 Å². The van der Waals surface area contributed by atoms with E-state index >= 15 is 0 Å². The monoisotopic (exact) mass is 464 g/mol. The Bertz CT molecular complexity index is 1560. The Morgan fingerprint density at radius 3 is 2.40 bits per heavy atom. The van der Waals surface area contributed by atoms with Crippen LogP contribution in [0.25, 0.3) is 21.8 Å². The number of benzene rings is 3. The Balaban J connectivity index is 1.63. The molecule has 35 heavy (non-hydrogen) atoms. The van der Waals surface area contributed by atoms with Crippen molar-refractivity contribution >= 4 is 33.7 Å². The molecule has 4 aromatic carbocycles. The second-order valence-corrected chi connectivity index (χ2v) is 7.88. The van der Waals surface area contributed by atoms with Gasteiger partial charge in [0.05, 0.1) is 23.0 Å². The van der Waals surface area contributed by atoms with Crippen LogP contribution < -0.4 is 15.2 Å². The first kappa shape index (κ1) is 21.9. The molecule has 7 heteroatoms. The van der Waals surface area contributed by atoms with Crippen molar-refractivity contribution in [2.75, 3.05) is 6.61 Å². The Morgan fingerprint density at radius 2 is 1.66 bits per heavy atom. The molecule has 3 N–H and O–H groups in total. The molecule has 0 unspecified atom stereocenters. The Labute approximate surface area is 200 Å². The topological polar surface area (TPSA) is 104 Å². The van der Waals surface area contributed by atoms with Crippen LogP contribution in [0.5, 0.6) is 17.2 Å². The van der Waals surface area contributed by atoms with E-state index in [0.29, 0.717) is 40.1 Å². The lowest BCUT2D eigenvalue weighted by molar-refractivity contribution is -0.139. The van der Waals surface area contributed by atoms with Gasteiger partial charge in [-0.15, -0.1) is 0 Å². The molecule has 1 aromatic heterocycles. The highest BCUT2D eigenvalue weighted by Gasteiger charge is 2.20. The minimum atomic E-state index is -1.10.